The van der Waals surface area contributed by atoms with Crippen molar-refractivity contribution in [1.29, 1.82) is 0 Å². The number of carbonyl (C=O) groups is 2. The van der Waals surface area contributed by atoms with E-state index in [1.54, 1.807) is 33.1 Å². The number of carbonyl (C=O) groups excluding carboxylic acids is 2. The third-order valence-corrected chi connectivity index (χ3v) is 5.66. The number of nitrogens with one attached hydrogen (secondary N) is 2. The minimum atomic E-state index is -0.418. The Morgan fingerprint density at radius 1 is 0.750 bits per heavy atom. The Bertz CT molecular complexity index is 1530. The predicted molar refractivity (Wildman–Crippen MR) is 124 cm³/mol. The third-order valence-electron chi connectivity index (χ3n) is 5.66. The average Bonchev–Trinajstić information content (AvgIpc) is 3.34. The number of rotatable bonds is 5. The van der Waals surface area contributed by atoms with Crippen LogP contribution in [0.4, 0.5) is 0 Å². The first-order chi connectivity index (χ1) is 15.5. The molecule has 0 amide bonds. The molecule has 0 bridgehead atoms. The van der Waals surface area contributed by atoms with E-state index in [2.05, 4.69) is 9.97 Å². The van der Waals surface area contributed by atoms with Crippen molar-refractivity contribution in [3.05, 3.63) is 53.6 Å². The molecule has 0 unspecified atom stereocenters. The van der Waals surface area contributed by atoms with E-state index >= 15 is 0 Å². The van der Waals surface area contributed by atoms with Gasteiger partial charge in [0.15, 0.2) is 0 Å². The van der Waals surface area contributed by atoms with Crippen molar-refractivity contribution >= 4 is 55.6 Å². The van der Waals surface area contributed by atoms with Crippen LogP contribution in [0.1, 0.15) is 34.6 Å². The zero-order valence-corrected chi connectivity index (χ0v) is 18.0. The van der Waals surface area contributed by atoms with Crippen molar-refractivity contribution in [1.82, 2.24) is 9.97 Å². The number of methoxy groups -OCH3 is 1. The SMILES string of the molecule is CCOC(=O)c1ccc2[nH]c3c(C(=O)OCC)c4[nH]c5ccc(OC)cc5c4cc3c2c1. The van der Waals surface area contributed by atoms with Crippen LogP contribution in [-0.4, -0.2) is 42.2 Å². The molecule has 2 N–H and O–H groups in total. The highest BCUT2D eigenvalue weighted by atomic mass is 16.5. The summed E-state index contributed by atoms with van der Waals surface area (Å²) in [5.41, 5.74) is 3.94. The second kappa shape index (κ2) is 7.60. The Morgan fingerprint density at radius 3 is 1.97 bits per heavy atom. The van der Waals surface area contributed by atoms with Gasteiger partial charge in [0, 0.05) is 32.6 Å². The molecule has 0 radical (unpaired) electrons. The van der Waals surface area contributed by atoms with Crippen molar-refractivity contribution in [2.75, 3.05) is 20.3 Å². The molecule has 0 fully saturated rings. The molecule has 0 saturated heterocycles. The molecule has 5 rings (SSSR count). The number of aromatic nitrogens is 2. The third kappa shape index (κ3) is 2.97. The molecular weight excluding hydrogens is 408 g/mol. The van der Waals surface area contributed by atoms with Gasteiger partial charge in [-0.05, 0) is 56.3 Å². The van der Waals surface area contributed by atoms with Gasteiger partial charge in [-0.1, -0.05) is 0 Å². The van der Waals surface area contributed by atoms with Crippen LogP contribution in [0.25, 0.3) is 43.6 Å². The highest BCUT2D eigenvalue weighted by Crippen LogP contribution is 2.38. The first-order valence-electron chi connectivity index (χ1n) is 10.5. The van der Waals surface area contributed by atoms with Crippen molar-refractivity contribution in [2.24, 2.45) is 0 Å². The van der Waals surface area contributed by atoms with E-state index in [9.17, 15) is 9.59 Å². The molecule has 0 spiro atoms. The van der Waals surface area contributed by atoms with Gasteiger partial charge >= 0.3 is 11.9 Å². The number of hydrogen-bond acceptors (Lipinski definition) is 5. The van der Waals surface area contributed by atoms with Gasteiger partial charge in [0.2, 0.25) is 0 Å². The van der Waals surface area contributed by atoms with Gasteiger partial charge in [-0.25, -0.2) is 9.59 Å². The molecule has 7 heteroatoms. The largest absolute Gasteiger partial charge is 0.497 e. The van der Waals surface area contributed by atoms with E-state index in [4.69, 9.17) is 14.2 Å². The number of H-pyrrole nitrogens is 2. The van der Waals surface area contributed by atoms with Gasteiger partial charge in [0.05, 0.1) is 36.9 Å². The molecule has 0 aliphatic heterocycles. The summed E-state index contributed by atoms with van der Waals surface area (Å²) >= 11 is 0. The van der Waals surface area contributed by atoms with Crippen LogP contribution in [0.15, 0.2) is 42.5 Å². The summed E-state index contributed by atoms with van der Waals surface area (Å²) in [5, 5.41) is 3.46. The summed E-state index contributed by atoms with van der Waals surface area (Å²) < 4.78 is 16.0. The number of aromatic amines is 2. The van der Waals surface area contributed by atoms with Crippen LogP contribution < -0.4 is 4.74 Å². The molecule has 7 nitrogen and oxygen atoms in total. The van der Waals surface area contributed by atoms with E-state index < -0.39 is 5.97 Å². The molecule has 32 heavy (non-hydrogen) atoms. The number of hydrogen-bond donors (Lipinski definition) is 2. The molecule has 2 aromatic heterocycles. The molecule has 162 valence electrons. The predicted octanol–water partition coefficient (Wildman–Crippen LogP) is 5.32. The second-order valence-corrected chi connectivity index (χ2v) is 7.46. The second-order valence-electron chi connectivity index (χ2n) is 7.46. The first-order valence-corrected chi connectivity index (χ1v) is 10.5. The zero-order valence-electron chi connectivity index (χ0n) is 18.0. The van der Waals surface area contributed by atoms with Crippen LogP contribution in [0.5, 0.6) is 5.75 Å². The van der Waals surface area contributed by atoms with Crippen LogP contribution in [0.3, 0.4) is 0 Å². The van der Waals surface area contributed by atoms with E-state index in [0.717, 1.165) is 38.3 Å². The lowest BCUT2D eigenvalue weighted by molar-refractivity contribution is 0.0518. The van der Waals surface area contributed by atoms with Gasteiger partial charge in [0.1, 0.15) is 11.3 Å². The van der Waals surface area contributed by atoms with Gasteiger partial charge in [-0.15, -0.1) is 0 Å². The topological polar surface area (TPSA) is 93.4 Å². The van der Waals surface area contributed by atoms with E-state index in [0.29, 0.717) is 28.8 Å². The van der Waals surface area contributed by atoms with E-state index in [1.165, 1.54) is 0 Å². The zero-order chi connectivity index (χ0) is 22.4. The van der Waals surface area contributed by atoms with Gasteiger partial charge in [-0.2, -0.15) is 0 Å². The molecule has 3 aromatic carbocycles. The number of esters is 2. The number of benzene rings is 3. The van der Waals surface area contributed by atoms with Crippen molar-refractivity contribution < 1.29 is 23.8 Å². The summed E-state index contributed by atoms with van der Waals surface area (Å²) in [7, 11) is 1.62. The summed E-state index contributed by atoms with van der Waals surface area (Å²) in [5.74, 6) is -0.0780. The summed E-state index contributed by atoms with van der Waals surface area (Å²) in [6.07, 6.45) is 0. The molecule has 0 aliphatic carbocycles. The van der Waals surface area contributed by atoms with Gasteiger partial charge in [0.25, 0.3) is 0 Å². The smallest absolute Gasteiger partial charge is 0.342 e. The fourth-order valence-electron chi connectivity index (χ4n) is 4.24. The fraction of sp³-hybridized carbons (Fsp3) is 0.200. The van der Waals surface area contributed by atoms with E-state index in [1.807, 2.05) is 30.3 Å². The average molecular weight is 430 g/mol. The highest BCUT2D eigenvalue weighted by molar-refractivity contribution is 6.25. The Balaban J connectivity index is 1.89. The van der Waals surface area contributed by atoms with Gasteiger partial charge < -0.3 is 24.2 Å². The highest BCUT2D eigenvalue weighted by Gasteiger charge is 2.22. The quantitative estimate of drug-likeness (QED) is 0.368. The van der Waals surface area contributed by atoms with Gasteiger partial charge in [-0.3, -0.25) is 0 Å². The Kier molecular flexibility index (Phi) is 4.74. The van der Waals surface area contributed by atoms with Crippen LogP contribution in [-0.2, 0) is 9.47 Å². The summed E-state index contributed by atoms with van der Waals surface area (Å²) in [4.78, 5) is 32.1. The molecule has 2 heterocycles. The van der Waals surface area contributed by atoms with Crippen molar-refractivity contribution in [3.63, 3.8) is 0 Å². The van der Waals surface area contributed by atoms with Crippen LogP contribution in [0.2, 0.25) is 0 Å². The monoisotopic (exact) mass is 430 g/mol. The maximum absolute atomic E-state index is 13.0. The summed E-state index contributed by atoms with van der Waals surface area (Å²) in [6.45, 7) is 4.12. The van der Waals surface area contributed by atoms with Crippen molar-refractivity contribution in [3.8, 4) is 5.75 Å². The lowest BCUT2D eigenvalue weighted by Crippen LogP contribution is -2.06. The molecule has 5 aromatic rings. The molecular formula is C25H22N2O5. The standard InChI is InChI=1S/C25H22N2O5/c1-4-31-24(28)13-6-8-19-15(10-13)17-12-18-16-11-14(30-3)7-9-20(16)27-23(18)21(22(17)26-19)25(29)32-5-2/h6-12,26-27H,4-5H2,1-3H3. The lowest BCUT2D eigenvalue weighted by atomic mass is 10.0. The number of fused-ring (bicyclic) bond motifs is 6. The normalized spacial score (nSPS) is 11.5. The first kappa shape index (κ1) is 19.9. The minimum absolute atomic E-state index is 0.262. The van der Waals surface area contributed by atoms with Crippen molar-refractivity contribution in [2.45, 2.75) is 13.8 Å². The maximum Gasteiger partial charge on any atom is 0.342 e. The Hall–Kier alpha value is -4.00. The number of ether oxygens (including phenoxy) is 3. The van der Waals surface area contributed by atoms with E-state index in [-0.39, 0.29) is 12.6 Å². The van der Waals surface area contributed by atoms with Crippen LogP contribution in [0, 0.1) is 0 Å². The summed E-state index contributed by atoms with van der Waals surface area (Å²) in [6, 6.07) is 13.1. The molecule has 0 saturated carbocycles. The fourth-order valence-corrected chi connectivity index (χ4v) is 4.24. The molecule has 0 atom stereocenters. The Morgan fingerprint density at radius 2 is 1.34 bits per heavy atom. The lowest BCUT2D eigenvalue weighted by Gasteiger charge is -2.06. The van der Waals surface area contributed by atoms with Crippen LogP contribution >= 0.6 is 0 Å². The maximum atomic E-state index is 13.0. The minimum Gasteiger partial charge on any atom is -0.497 e. The Labute approximate surface area is 183 Å². The molecule has 0 aliphatic rings.